The third-order valence-corrected chi connectivity index (χ3v) is 5.52. The Labute approximate surface area is 160 Å². The highest BCUT2D eigenvalue weighted by atomic mass is 19.1. The molecule has 142 valence electrons. The summed E-state index contributed by atoms with van der Waals surface area (Å²) in [6, 6.07) is 15.7. The molecule has 1 aliphatic heterocycles. The van der Waals surface area contributed by atoms with E-state index < -0.39 is 0 Å². The van der Waals surface area contributed by atoms with Crippen LogP contribution in [0, 0.1) is 12.7 Å². The molecule has 3 unspecified atom stereocenters. The van der Waals surface area contributed by atoms with E-state index >= 15 is 0 Å². The highest BCUT2D eigenvalue weighted by molar-refractivity contribution is 5.81. The number of halogens is 1. The maximum atomic E-state index is 14.0. The van der Waals surface area contributed by atoms with Gasteiger partial charge in [-0.3, -0.25) is 4.99 Å². The van der Waals surface area contributed by atoms with Gasteiger partial charge in [0.2, 0.25) is 0 Å². The molecule has 3 atom stereocenters. The van der Waals surface area contributed by atoms with Gasteiger partial charge < -0.3 is 15.0 Å². The van der Waals surface area contributed by atoms with E-state index in [0.29, 0.717) is 6.61 Å². The van der Waals surface area contributed by atoms with Gasteiger partial charge in [-0.05, 0) is 36.1 Å². The van der Waals surface area contributed by atoms with Crippen molar-refractivity contribution in [2.75, 3.05) is 26.7 Å². The minimum atomic E-state index is -0.118. The monoisotopic (exact) mass is 367 g/mol. The van der Waals surface area contributed by atoms with Crippen LogP contribution in [0.2, 0.25) is 0 Å². The van der Waals surface area contributed by atoms with Crippen molar-refractivity contribution in [1.82, 2.24) is 10.2 Å². The first-order valence-electron chi connectivity index (χ1n) is 9.57. The van der Waals surface area contributed by atoms with E-state index in [0.717, 1.165) is 31.0 Å². The number of benzene rings is 2. The second-order valence-corrected chi connectivity index (χ2v) is 7.32. The predicted octanol–water partition coefficient (Wildman–Crippen LogP) is 3.64. The minimum absolute atomic E-state index is 0.0417. The summed E-state index contributed by atoms with van der Waals surface area (Å²) < 4.78 is 20.0. The minimum Gasteiger partial charge on any atom is -0.370 e. The number of hydrogen-bond donors (Lipinski definition) is 1. The molecule has 0 bridgehead atoms. The van der Waals surface area contributed by atoms with Crippen molar-refractivity contribution in [3.05, 3.63) is 71.0 Å². The Morgan fingerprint density at radius 3 is 2.63 bits per heavy atom. The number of hydrogen-bond acceptors (Lipinski definition) is 2. The molecule has 1 N–H and O–H groups in total. The van der Waals surface area contributed by atoms with Crippen LogP contribution in [0.3, 0.4) is 0 Å². The fourth-order valence-electron chi connectivity index (χ4n) is 3.91. The summed E-state index contributed by atoms with van der Waals surface area (Å²) in [6.45, 7) is 4.36. The first kappa shape index (κ1) is 18.0. The molecule has 5 heteroatoms. The molecule has 2 aliphatic rings. The zero-order valence-electron chi connectivity index (χ0n) is 15.9. The Kier molecular flexibility index (Phi) is 5.12. The van der Waals surface area contributed by atoms with Crippen molar-refractivity contribution in [3.63, 3.8) is 0 Å². The Balaban J connectivity index is 1.41. The van der Waals surface area contributed by atoms with Crippen molar-refractivity contribution >= 4 is 5.96 Å². The summed E-state index contributed by atoms with van der Waals surface area (Å²) >= 11 is 0. The number of guanidine groups is 1. The average Bonchev–Trinajstić information content (AvgIpc) is 3.46. The standard InChI is InChI=1S/C22H26FN3O/c1-15-7-3-4-8-16(15)21-14-26(11-12-27-21)22(24-2)25-20-13-18(20)17-9-5-6-10-19(17)23/h3-10,18,20-21H,11-14H2,1-2H3,(H,24,25). The molecule has 2 fully saturated rings. The summed E-state index contributed by atoms with van der Waals surface area (Å²) in [4.78, 5) is 6.72. The quantitative estimate of drug-likeness (QED) is 0.665. The lowest BCUT2D eigenvalue weighted by molar-refractivity contribution is -0.00835. The van der Waals surface area contributed by atoms with E-state index in [-0.39, 0.29) is 23.9 Å². The molecule has 0 spiro atoms. The van der Waals surface area contributed by atoms with Crippen LogP contribution in [0.5, 0.6) is 0 Å². The highest BCUT2D eigenvalue weighted by Crippen LogP contribution is 2.42. The van der Waals surface area contributed by atoms with E-state index in [4.69, 9.17) is 4.74 Å². The highest BCUT2D eigenvalue weighted by Gasteiger charge is 2.41. The van der Waals surface area contributed by atoms with Crippen molar-refractivity contribution in [1.29, 1.82) is 0 Å². The van der Waals surface area contributed by atoms with Gasteiger partial charge in [0, 0.05) is 25.6 Å². The van der Waals surface area contributed by atoms with Gasteiger partial charge in [-0.25, -0.2) is 4.39 Å². The Morgan fingerprint density at radius 1 is 1.15 bits per heavy atom. The third-order valence-electron chi connectivity index (χ3n) is 5.52. The van der Waals surface area contributed by atoms with Crippen LogP contribution in [0.15, 0.2) is 53.5 Å². The predicted molar refractivity (Wildman–Crippen MR) is 105 cm³/mol. The lowest BCUT2D eigenvalue weighted by atomic mass is 10.0. The molecule has 4 nitrogen and oxygen atoms in total. The summed E-state index contributed by atoms with van der Waals surface area (Å²) in [5.41, 5.74) is 3.27. The van der Waals surface area contributed by atoms with Gasteiger partial charge in [0.1, 0.15) is 11.9 Å². The molecule has 1 saturated heterocycles. The number of rotatable bonds is 3. The van der Waals surface area contributed by atoms with E-state index in [2.05, 4.69) is 46.4 Å². The van der Waals surface area contributed by atoms with E-state index in [9.17, 15) is 4.39 Å². The average molecular weight is 367 g/mol. The zero-order valence-corrected chi connectivity index (χ0v) is 15.9. The maximum absolute atomic E-state index is 14.0. The normalized spacial score (nSPS) is 25.4. The molecular formula is C22H26FN3O. The molecule has 27 heavy (non-hydrogen) atoms. The van der Waals surface area contributed by atoms with Gasteiger partial charge in [0.05, 0.1) is 13.2 Å². The number of nitrogens with zero attached hydrogens (tertiary/aromatic N) is 2. The molecule has 1 heterocycles. The lowest BCUT2D eigenvalue weighted by Gasteiger charge is -2.36. The van der Waals surface area contributed by atoms with Gasteiger partial charge in [-0.2, -0.15) is 0 Å². The summed E-state index contributed by atoms with van der Waals surface area (Å²) in [7, 11) is 1.81. The zero-order chi connectivity index (χ0) is 18.8. The van der Waals surface area contributed by atoms with Gasteiger partial charge in [-0.1, -0.05) is 42.5 Å². The summed E-state index contributed by atoms with van der Waals surface area (Å²) in [5.74, 6) is 0.977. The van der Waals surface area contributed by atoms with Crippen LogP contribution in [0.4, 0.5) is 4.39 Å². The van der Waals surface area contributed by atoms with Crippen molar-refractivity contribution in [2.24, 2.45) is 4.99 Å². The first-order valence-corrected chi connectivity index (χ1v) is 9.57. The van der Waals surface area contributed by atoms with Crippen LogP contribution in [-0.2, 0) is 4.74 Å². The van der Waals surface area contributed by atoms with Crippen LogP contribution in [-0.4, -0.2) is 43.6 Å². The maximum Gasteiger partial charge on any atom is 0.194 e. The fraction of sp³-hybridized carbons (Fsp3) is 0.409. The summed E-state index contributed by atoms with van der Waals surface area (Å²) in [6.07, 6.45) is 0.978. The lowest BCUT2D eigenvalue weighted by Crippen LogP contribution is -2.49. The Bertz CT molecular complexity index is 838. The topological polar surface area (TPSA) is 36.9 Å². The first-order chi connectivity index (χ1) is 13.2. The molecule has 0 radical (unpaired) electrons. The third kappa shape index (κ3) is 3.83. The molecule has 2 aromatic carbocycles. The van der Waals surface area contributed by atoms with Crippen molar-refractivity contribution in [3.8, 4) is 0 Å². The molecule has 2 aromatic rings. The van der Waals surface area contributed by atoms with Gasteiger partial charge in [0.25, 0.3) is 0 Å². The van der Waals surface area contributed by atoms with Crippen LogP contribution >= 0.6 is 0 Å². The molecule has 1 aliphatic carbocycles. The number of ether oxygens (including phenoxy) is 1. The van der Waals surface area contributed by atoms with Crippen LogP contribution in [0.1, 0.15) is 35.1 Å². The molecule has 1 saturated carbocycles. The number of nitrogens with one attached hydrogen (secondary N) is 1. The van der Waals surface area contributed by atoms with Gasteiger partial charge >= 0.3 is 0 Å². The van der Waals surface area contributed by atoms with E-state index in [1.165, 1.54) is 17.2 Å². The Morgan fingerprint density at radius 2 is 1.89 bits per heavy atom. The molecule has 0 amide bonds. The second-order valence-electron chi connectivity index (χ2n) is 7.32. The molecular weight excluding hydrogens is 341 g/mol. The van der Waals surface area contributed by atoms with Crippen molar-refractivity contribution in [2.45, 2.75) is 31.4 Å². The Hall–Kier alpha value is -2.40. The molecule has 0 aromatic heterocycles. The number of morpholine rings is 1. The van der Waals surface area contributed by atoms with E-state index in [1.807, 2.05) is 12.1 Å². The van der Waals surface area contributed by atoms with Gasteiger partial charge in [0.15, 0.2) is 5.96 Å². The van der Waals surface area contributed by atoms with E-state index in [1.54, 1.807) is 13.1 Å². The molecule has 4 rings (SSSR count). The van der Waals surface area contributed by atoms with Crippen LogP contribution < -0.4 is 5.32 Å². The SMILES string of the molecule is CN=C(NC1CC1c1ccccc1F)N1CCOC(c2ccccc2C)C1. The van der Waals surface area contributed by atoms with Crippen molar-refractivity contribution < 1.29 is 9.13 Å². The van der Waals surface area contributed by atoms with Gasteiger partial charge in [-0.15, -0.1) is 0 Å². The summed E-state index contributed by atoms with van der Waals surface area (Å²) in [5, 5.41) is 3.53. The fourth-order valence-corrected chi connectivity index (χ4v) is 3.91. The smallest absolute Gasteiger partial charge is 0.194 e. The largest absolute Gasteiger partial charge is 0.370 e. The number of aliphatic imine (C=N–C) groups is 1. The second kappa shape index (κ2) is 7.69. The van der Waals surface area contributed by atoms with Crippen LogP contribution in [0.25, 0.3) is 0 Å². The number of aryl methyl sites for hydroxylation is 1.